The van der Waals surface area contributed by atoms with E-state index in [1.165, 1.54) is 0 Å². The van der Waals surface area contributed by atoms with E-state index >= 15 is 0 Å². The molecule has 1 N–H and O–H groups in total. The van der Waals surface area contributed by atoms with Crippen LogP contribution in [0.3, 0.4) is 0 Å². The molecule has 0 saturated heterocycles. The Hall–Kier alpha value is -2.03. The van der Waals surface area contributed by atoms with Crippen molar-refractivity contribution in [2.75, 3.05) is 6.61 Å². The summed E-state index contributed by atoms with van der Waals surface area (Å²) in [5, 5.41) is 1.55. The van der Waals surface area contributed by atoms with Crippen molar-refractivity contribution >= 4 is 10.8 Å². The van der Waals surface area contributed by atoms with Gasteiger partial charge in [-0.05, 0) is 23.6 Å². The molecule has 1 aromatic carbocycles. The van der Waals surface area contributed by atoms with Gasteiger partial charge in [-0.3, -0.25) is 4.79 Å². The molecule has 1 heterocycles. The summed E-state index contributed by atoms with van der Waals surface area (Å²) in [6.45, 7) is 4.00. The van der Waals surface area contributed by atoms with Crippen molar-refractivity contribution in [3.63, 3.8) is 0 Å². The Morgan fingerprint density at radius 1 is 1.40 bits per heavy atom. The van der Waals surface area contributed by atoms with Gasteiger partial charge in [-0.15, -0.1) is 0 Å². The topological polar surface area (TPSA) is 42.1 Å². The van der Waals surface area contributed by atoms with Gasteiger partial charge in [-0.2, -0.15) is 0 Å². The molecule has 2 rings (SSSR count). The fraction of sp³-hybridized carbons (Fsp3) is 0.0833. The highest BCUT2D eigenvalue weighted by Crippen LogP contribution is 2.17. The molecule has 1 aromatic heterocycles. The lowest BCUT2D eigenvalue weighted by atomic mass is 10.2. The van der Waals surface area contributed by atoms with Gasteiger partial charge in [-0.25, -0.2) is 0 Å². The third-order valence-corrected chi connectivity index (χ3v) is 2.11. The van der Waals surface area contributed by atoms with Gasteiger partial charge >= 0.3 is 0 Å². The average molecular weight is 201 g/mol. The first-order valence-corrected chi connectivity index (χ1v) is 4.66. The number of aromatic nitrogens is 1. The van der Waals surface area contributed by atoms with Gasteiger partial charge in [0.25, 0.3) is 5.56 Å². The molecule has 3 nitrogen and oxygen atoms in total. The zero-order valence-electron chi connectivity index (χ0n) is 8.19. The van der Waals surface area contributed by atoms with Crippen molar-refractivity contribution < 1.29 is 4.74 Å². The van der Waals surface area contributed by atoms with Crippen LogP contribution >= 0.6 is 0 Å². The minimum absolute atomic E-state index is 0.100. The Morgan fingerprint density at radius 3 is 3.07 bits per heavy atom. The van der Waals surface area contributed by atoms with Gasteiger partial charge < -0.3 is 9.72 Å². The van der Waals surface area contributed by atoms with Crippen molar-refractivity contribution in [1.29, 1.82) is 0 Å². The lowest BCUT2D eigenvalue weighted by Gasteiger charge is -2.03. The molecule has 3 heteroatoms. The monoisotopic (exact) mass is 201 g/mol. The molecular formula is C12H11NO2. The molecule has 2 aromatic rings. The van der Waals surface area contributed by atoms with Crippen molar-refractivity contribution in [2.24, 2.45) is 0 Å². The van der Waals surface area contributed by atoms with Crippen LogP contribution in [0.15, 0.2) is 47.9 Å². The summed E-state index contributed by atoms with van der Waals surface area (Å²) in [6, 6.07) is 7.29. The average Bonchev–Trinajstić information content (AvgIpc) is 2.27. The number of H-pyrrole nitrogens is 1. The number of ether oxygens (including phenoxy) is 1. The van der Waals surface area contributed by atoms with E-state index in [0.29, 0.717) is 17.7 Å². The van der Waals surface area contributed by atoms with E-state index in [-0.39, 0.29) is 5.56 Å². The number of rotatable bonds is 3. The van der Waals surface area contributed by atoms with Crippen LogP contribution in [0.4, 0.5) is 0 Å². The van der Waals surface area contributed by atoms with Crippen LogP contribution in [0, 0.1) is 0 Å². The fourth-order valence-corrected chi connectivity index (χ4v) is 1.41. The molecule has 0 unspecified atom stereocenters. The van der Waals surface area contributed by atoms with Gasteiger partial charge in [0.05, 0.1) is 5.39 Å². The van der Waals surface area contributed by atoms with Crippen LogP contribution in [0.25, 0.3) is 10.8 Å². The van der Waals surface area contributed by atoms with Gasteiger partial charge in [0.15, 0.2) is 0 Å². The minimum atomic E-state index is -0.100. The standard InChI is InChI=1S/C12H11NO2/c1-2-7-15-10-4-3-9-5-6-13-12(14)11(9)8-10/h2-6,8H,1,7H2,(H,13,14). The van der Waals surface area contributed by atoms with E-state index in [4.69, 9.17) is 4.74 Å². The van der Waals surface area contributed by atoms with Gasteiger partial charge in [-0.1, -0.05) is 18.7 Å². The van der Waals surface area contributed by atoms with Crippen LogP contribution in [0.5, 0.6) is 5.75 Å². The molecule has 0 spiro atoms. The van der Waals surface area contributed by atoms with E-state index in [9.17, 15) is 4.79 Å². The van der Waals surface area contributed by atoms with E-state index < -0.39 is 0 Å². The predicted molar refractivity (Wildman–Crippen MR) is 60.3 cm³/mol. The molecule has 15 heavy (non-hydrogen) atoms. The predicted octanol–water partition coefficient (Wildman–Crippen LogP) is 2.09. The first-order chi connectivity index (χ1) is 7.31. The van der Waals surface area contributed by atoms with Crippen LogP contribution in [-0.2, 0) is 0 Å². The summed E-state index contributed by atoms with van der Waals surface area (Å²) in [5.74, 6) is 0.680. The zero-order valence-corrected chi connectivity index (χ0v) is 8.19. The molecule has 0 atom stereocenters. The largest absolute Gasteiger partial charge is 0.490 e. The molecule has 0 amide bonds. The number of hydrogen-bond acceptors (Lipinski definition) is 2. The van der Waals surface area contributed by atoms with Crippen molar-refractivity contribution in [3.8, 4) is 5.75 Å². The highest BCUT2D eigenvalue weighted by atomic mass is 16.5. The molecule has 0 radical (unpaired) electrons. The summed E-state index contributed by atoms with van der Waals surface area (Å²) in [5.41, 5.74) is -0.100. The van der Waals surface area contributed by atoms with E-state index in [2.05, 4.69) is 11.6 Å². The quantitative estimate of drug-likeness (QED) is 0.772. The molecule has 0 fully saturated rings. The third kappa shape index (κ3) is 1.91. The Bertz CT molecular complexity index is 543. The number of hydrogen-bond donors (Lipinski definition) is 1. The zero-order chi connectivity index (χ0) is 10.7. The Labute approximate surface area is 87.0 Å². The summed E-state index contributed by atoms with van der Waals surface area (Å²) < 4.78 is 5.35. The first kappa shape index (κ1) is 9.52. The molecule has 0 aliphatic heterocycles. The van der Waals surface area contributed by atoms with Crippen LogP contribution in [0.1, 0.15) is 0 Å². The normalized spacial score (nSPS) is 10.1. The molecule has 76 valence electrons. The second-order valence-corrected chi connectivity index (χ2v) is 3.16. The maximum atomic E-state index is 11.5. The maximum Gasteiger partial charge on any atom is 0.255 e. The fourth-order valence-electron chi connectivity index (χ4n) is 1.41. The second kappa shape index (κ2) is 4.00. The van der Waals surface area contributed by atoms with E-state index in [1.54, 1.807) is 18.3 Å². The highest BCUT2D eigenvalue weighted by molar-refractivity contribution is 5.82. The van der Waals surface area contributed by atoms with Gasteiger partial charge in [0.2, 0.25) is 0 Å². The smallest absolute Gasteiger partial charge is 0.255 e. The molecule has 0 bridgehead atoms. The maximum absolute atomic E-state index is 11.5. The highest BCUT2D eigenvalue weighted by Gasteiger charge is 1.99. The van der Waals surface area contributed by atoms with Gasteiger partial charge in [0, 0.05) is 6.20 Å². The van der Waals surface area contributed by atoms with Crippen LogP contribution in [-0.4, -0.2) is 11.6 Å². The number of pyridine rings is 1. The Morgan fingerprint density at radius 2 is 2.27 bits per heavy atom. The number of nitrogens with one attached hydrogen (secondary N) is 1. The van der Waals surface area contributed by atoms with E-state index in [1.807, 2.05) is 18.2 Å². The second-order valence-electron chi connectivity index (χ2n) is 3.16. The first-order valence-electron chi connectivity index (χ1n) is 4.66. The Balaban J connectivity index is 2.50. The molecule has 0 saturated carbocycles. The van der Waals surface area contributed by atoms with Crippen molar-refractivity contribution in [1.82, 2.24) is 4.98 Å². The summed E-state index contributed by atoms with van der Waals surface area (Å²) in [6.07, 6.45) is 3.30. The Kier molecular flexibility index (Phi) is 2.54. The summed E-state index contributed by atoms with van der Waals surface area (Å²) in [7, 11) is 0. The minimum Gasteiger partial charge on any atom is -0.490 e. The lowest BCUT2D eigenvalue weighted by molar-refractivity contribution is 0.364. The van der Waals surface area contributed by atoms with Crippen LogP contribution < -0.4 is 10.3 Å². The van der Waals surface area contributed by atoms with Crippen molar-refractivity contribution in [3.05, 3.63) is 53.5 Å². The number of aromatic amines is 1. The number of benzene rings is 1. The van der Waals surface area contributed by atoms with E-state index in [0.717, 1.165) is 5.39 Å². The van der Waals surface area contributed by atoms with Crippen molar-refractivity contribution in [2.45, 2.75) is 0 Å². The third-order valence-electron chi connectivity index (χ3n) is 2.11. The van der Waals surface area contributed by atoms with Crippen LogP contribution in [0.2, 0.25) is 0 Å². The SMILES string of the molecule is C=CCOc1ccc2cc[nH]c(=O)c2c1. The molecule has 0 aliphatic rings. The summed E-state index contributed by atoms with van der Waals surface area (Å²) in [4.78, 5) is 14.1. The molecule has 0 aliphatic carbocycles. The number of fused-ring (bicyclic) bond motifs is 1. The molecular weight excluding hydrogens is 190 g/mol. The summed E-state index contributed by atoms with van der Waals surface area (Å²) >= 11 is 0. The lowest BCUT2D eigenvalue weighted by Crippen LogP contribution is -2.04. The van der Waals surface area contributed by atoms with Gasteiger partial charge in [0.1, 0.15) is 12.4 Å².